The van der Waals surface area contributed by atoms with Crippen molar-refractivity contribution in [2.75, 3.05) is 13.1 Å². The molecule has 0 atom stereocenters. The van der Waals surface area contributed by atoms with Crippen LogP contribution in [0, 0.1) is 0 Å². The van der Waals surface area contributed by atoms with E-state index in [4.69, 9.17) is 4.74 Å². The van der Waals surface area contributed by atoms with Crippen LogP contribution in [0.4, 0.5) is 4.79 Å². The summed E-state index contributed by atoms with van der Waals surface area (Å²) in [6.07, 6.45) is 4.58. The Morgan fingerprint density at radius 2 is 2.05 bits per heavy atom. The zero-order valence-electron chi connectivity index (χ0n) is 13.2. The van der Waals surface area contributed by atoms with Gasteiger partial charge in [-0.25, -0.2) is 4.79 Å². The van der Waals surface area contributed by atoms with Gasteiger partial charge in [-0.05, 0) is 56.0 Å². The molecule has 0 saturated carbocycles. The second-order valence-electron chi connectivity index (χ2n) is 6.46. The minimum atomic E-state index is -0.434. The zero-order valence-corrected chi connectivity index (χ0v) is 14.8. The molecule has 5 nitrogen and oxygen atoms in total. The topological polar surface area (TPSA) is 47.4 Å². The van der Waals surface area contributed by atoms with Crippen LogP contribution in [0.5, 0.6) is 0 Å². The number of hydrogen-bond donors (Lipinski definition) is 0. The van der Waals surface area contributed by atoms with E-state index in [0.717, 1.165) is 42.5 Å². The minimum absolute atomic E-state index is 0.211. The Bertz CT molecular complexity index is 500. The maximum atomic E-state index is 12.0. The van der Waals surface area contributed by atoms with E-state index in [-0.39, 0.29) is 6.09 Å². The lowest BCUT2D eigenvalue weighted by Gasteiger charge is -2.33. The first-order valence-corrected chi connectivity index (χ1v) is 8.31. The number of carbonyl (C=O) groups is 1. The van der Waals surface area contributed by atoms with Gasteiger partial charge in [-0.1, -0.05) is 6.92 Å². The number of piperidine rings is 1. The fourth-order valence-corrected chi connectivity index (χ4v) is 3.04. The second-order valence-corrected chi connectivity index (χ2v) is 7.31. The molecule has 1 fully saturated rings. The normalized spacial score (nSPS) is 17.1. The average Bonchev–Trinajstić information content (AvgIpc) is 2.78. The summed E-state index contributed by atoms with van der Waals surface area (Å²) < 4.78 is 8.52. The molecule has 1 aromatic rings. The van der Waals surface area contributed by atoms with Gasteiger partial charge >= 0.3 is 6.09 Å². The van der Waals surface area contributed by atoms with Gasteiger partial charge < -0.3 is 9.64 Å². The van der Waals surface area contributed by atoms with Crippen molar-refractivity contribution in [2.24, 2.45) is 0 Å². The summed E-state index contributed by atoms with van der Waals surface area (Å²) >= 11 is 3.54. The van der Waals surface area contributed by atoms with E-state index in [2.05, 4.69) is 28.0 Å². The summed E-state index contributed by atoms with van der Waals surface area (Å²) in [7, 11) is 0. The largest absolute Gasteiger partial charge is 0.444 e. The van der Waals surface area contributed by atoms with E-state index in [9.17, 15) is 4.79 Å². The van der Waals surface area contributed by atoms with Gasteiger partial charge in [0, 0.05) is 19.3 Å². The van der Waals surface area contributed by atoms with E-state index in [1.54, 1.807) is 4.90 Å². The van der Waals surface area contributed by atoms with Crippen molar-refractivity contribution in [2.45, 2.75) is 58.6 Å². The Morgan fingerprint density at radius 1 is 1.43 bits per heavy atom. The molecule has 6 heteroatoms. The molecule has 1 saturated heterocycles. The molecule has 1 aromatic heterocycles. The highest BCUT2D eigenvalue weighted by atomic mass is 79.9. The van der Waals surface area contributed by atoms with Gasteiger partial charge in [0.25, 0.3) is 0 Å². The molecule has 0 spiro atoms. The summed E-state index contributed by atoms with van der Waals surface area (Å²) in [5, 5.41) is 4.62. The van der Waals surface area contributed by atoms with Crippen molar-refractivity contribution in [3.8, 4) is 0 Å². The Kier molecular flexibility index (Phi) is 4.96. The van der Waals surface area contributed by atoms with E-state index in [0.29, 0.717) is 6.04 Å². The van der Waals surface area contributed by atoms with Crippen LogP contribution in [0.3, 0.4) is 0 Å². The standard InChI is InChI=1S/C15H24BrN3O2/c1-5-13-12(16)10-19(17-13)11-6-8-18(9-7-11)14(20)21-15(2,3)4/h10-11H,5-9H2,1-4H3. The van der Waals surface area contributed by atoms with Crippen LogP contribution in [0.1, 0.15) is 52.3 Å². The summed E-state index contributed by atoms with van der Waals surface area (Å²) in [6.45, 7) is 9.22. The van der Waals surface area contributed by atoms with Gasteiger partial charge in [0.2, 0.25) is 0 Å². The lowest BCUT2D eigenvalue weighted by atomic mass is 10.1. The summed E-state index contributed by atoms with van der Waals surface area (Å²) in [4.78, 5) is 13.8. The number of aryl methyl sites for hydroxylation is 1. The Balaban J connectivity index is 1.92. The summed E-state index contributed by atoms with van der Waals surface area (Å²) in [5.41, 5.74) is 0.654. The lowest BCUT2D eigenvalue weighted by Crippen LogP contribution is -2.42. The molecule has 118 valence electrons. The fraction of sp³-hybridized carbons (Fsp3) is 0.733. The van der Waals surface area contributed by atoms with Crippen molar-refractivity contribution < 1.29 is 9.53 Å². The molecule has 2 heterocycles. The molecule has 1 amide bonds. The first kappa shape index (κ1) is 16.3. The number of likely N-dealkylation sites (tertiary alicyclic amines) is 1. The summed E-state index contributed by atoms with van der Waals surface area (Å²) in [6, 6.07) is 0.361. The number of ether oxygens (including phenoxy) is 1. The number of carbonyl (C=O) groups excluding carboxylic acids is 1. The molecule has 0 aliphatic carbocycles. The van der Waals surface area contributed by atoms with Gasteiger partial charge in [0.1, 0.15) is 5.60 Å². The molecule has 0 radical (unpaired) electrons. The SMILES string of the molecule is CCc1nn(C2CCN(C(=O)OC(C)(C)C)CC2)cc1Br. The lowest BCUT2D eigenvalue weighted by molar-refractivity contribution is 0.0184. The molecule has 2 rings (SSSR count). The van der Waals surface area contributed by atoms with Crippen LogP contribution in [-0.2, 0) is 11.2 Å². The minimum Gasteiger partial charge on any atom is -0.444 e. The van der Waals surface area contributed by atoms with E-state index >= 15 is 0 Å². The van der Waals surface area contributed by atoms with Gasteiger partial charge in [0.15, 0.2) is 0 Å². The maximum absolute atomic E-state index is 12.0. The molecule has 21 heavy (non-hydrogen) atoms. The highest BCUT2D eigenvalue weighted by molar-refractivity contribution is 9.10. The third kappa shape index (κ3) is 4.22. The number of aromatic nitrogens is 2. The second kappa shape index (κ2) is 6.38. The van der Waals surface area contributed by atoms with Crippen molar-refractivity contribution in [3.63, 3.8) is 0 Å². The molecule has 0 N–H and O–H groups in total. The molecule has 0 aromatic carbocycles. The van der Waals surface area contributed by atoms with Gasteiger partial charge in [-0.15, -0.1) is 0 Å². The van der Waals surface area contributed by atoms with Crippen molar-refractivity contribution in [3.05, 3.63) is 16.4 Å². The van der Waals surface area contributed by atoms with E-state index < -0.39 is 5.60 Å². The average molecular weight is 358 g/mol. The number of halogens is 1. The number of hydrogen-bond acceptors (Lipinski definition) is 3. The van der Waals surface area contributed by atoms with E-state index in [1.807, 2.05) is 31.6 Å². The monoisotopic (exact) mass is 357 g/mol. The third-order valence-corrected chi connectivity index (χ3v) is 4.25. The number of amides is 1. The molecule has 1 aliphatic rings. The highest BCUT2D eigenvalue weighted by Gasteiger charge is 2.28. The van der Waals surface area contributed by atoms with Crippen molar-refractivity contribution in [1.29, 1.82) is 0 Å². The molecule has 1 aliphatic heterocycles. The zero-order chi connectivity index (χ0) is 15.6. The molecular formula is C15H24BrN3O2. The van der Waals surface area contributed by atoms with Crippen LogP contribution in [-0.4, -0.2) is 39.5 Å². The maximum Gasteiger partial charge on any atom is 0.410 e. The van der Waals surface area contributed by atoms with Crippen molar-refractivity contribution in [1.82, 2.24) is 14.7 Å². The predicted molar refractivity (Wildman–Crippen MR) is 85.4 cm³/mol. The smallest absolute Gasteiger partial charge is 0.410 e. The Morgan fingerprint density at radius 3 is 2.52 bits per heavy atom. The Hall–Kier alpha value is -1.04. The van der Waals surface area contributed by atoms with Gasteiger partial charge in [0.05, 0.1) is 16.2 Å². The van der Waals surface area contributed by atoms with Crippen LogP contribution >= 0.6 is 15.9 Å². The van der Waals surface area contributed by atoms with Crippen LogP contribution in [0.2, 0.25) is 0 Å². The van der Waals surface area contributed by atoms with Crippen LogP contribution in [0.15, 0.2) is 10.7 Å². The Labute approximate surface area is 134 Å². The number of rotatable bonds is 2. The fourth-order valence-electron chi connectivity index (χ4n) is 2.47. The third-order valence-electron chi connectivity index (χ3n) is 3.58. The first-order valence-electron chi connectivity index (χ1n) is 7.51. The van der Waals surface area contributed by atoms with Gasteiger partial charge in [-0.2, -0.15) is 5.10 Å². The van der Waals surface area contributed by atoms with Crippen molar-refractivity contribution >= 4 is 22.0 Å². The molecule has 0 bridgehead atoms. The first-order chi connectivity index (χ1) is 9.80. The number of nitrogens with zero attached hydrogens (tertiary/aromatic N) is 3. The van der Waals surface area contributed by atoms with Crippen LogP contribution in [0.25, 0.3) is 0 Å². The molecular weight excluding hydrogens is 334 g/mol. The molecule has 0 unspecified atom stereocenters. The van der Waals surface area contributed by atoms with Gasteiger partial charge in [-0.3, -0.25) is 4.68 Å². The highest BCUT2D eigenvalue weighted by Crippen LogP contribution is 2.26. The van der Waals surface area contributed by atoms with Crippen LogP contribution < -0.4 is 0 Å². The summed E-state index contributed by atoms with van der Waals surface area (Å²) in [5.74, 6) is 0. The van der Waals surface area contributed by atoms with E-state index in [1.165, 1.54) is 0 Å². The predicted octanol–water partition coefficient (Wildman–Crippen LogP) is 3.78. The quantitative estimate of drug-likeness (QED) is 0.808.